The second kappa shape index (κ2) is 5.00. The molecule has 0 aliphatic heterocycles. The number of nitrogen functional groups attached to an aromatic ring is 1. The predicted octanol–water partition coefficient (Wildman–Crippen LogP) is 3.38. The Bertz CT molecular complexity index is 739. The molecule has 1 aromatic carbocycles. The highest BCUT2D eigenvalue weighted by Gasteiger charge is 2.06. The monoisotopic (exact) mass is 265 g/mol. The van der Waals surface area contributed by atoms with Crippen molar-refractivity contribution in [2.24, 2.45) is 0 Å². The largest absolute Gasteiger partial charge is 0.396 e. The second-order valence-corrected chi connectivity index (χ2v) is 5.28. The zero-order valence-electron chi connectivity index (χ0n) is 11.9. The minimum Gasteiger partial charge on any atom is -0.396 e. The highest BCUT2D eigenvalue weighted by Crippen LogP contribution is 2.17. The lowest BCUT2D eigenvalue weighted by Gasteiger charge is -2.00. The van der Waals surface area contributed by atoms with Gasteiger partial charge < -0.3 is 10.1 Å². The van der Waals surface area contributed by atoms with Crippen LogP contribution in [0.15, 0.2) is 42.7 Å². The van der Waals surface area contributed by atoms with E-state index in [9.17, 15) is 0 Å². The van der Waals surface area contributed by atoms with E-state index in [1.807, 2.05) is 17.4 Å². The van der Waals surface area contributed by atoms with Crippen molar-refractivity contribution in [2.75, 3.05) is 5.73 Å². The highest BCUT2D eigenvalue weighted by molar-refractivity contribution is 5.65. The maximum atomic E-state index is 6.02. The summed E-state index contributed by atoms with van der Waals surface area (Å²) in [5.41, 5.74) is 12.4. The molecule has 0 amide bonds. The minimum absolute atomic E-state index is 0.734. The Morgan fingerprint density at radius 2 is 1.80 bits per heavy atom. The lowest BCUT2D eigenvalue weighted by molar-refractivity contribution is 1.09. The van der Waals surface area contributed by atoms with E-state index in [0.717, 1.165) is 35.4 Å². The van der Waals surface area contributed by atoms with Crippen LogP contribution in [0.5, 0.6) is 0 Å². The summed E-state index contributed by atoms with van der Waals surface area (Å²) in [4.78, 5) is 4.63. The average molecular weight is 265 g/mol. The number of fused-ring (bicyclic) bond motifs is 1. The summed E-state index contributed by atoms with van der Waals surface area (Å²) in [5, 5.41) is 0. The van der Waals surface area contributed by atoms with Crippen LogP contribution in [0.3, 0.4) is 0 Å². The van der Waals surface area contributed by atoms with Gasteiger partial charge in [0.25, 0.3) is 0 Å². The van der Waals surface area contributed by atoms with Crippen molar-refractivity contribution in [1.29, 1.82) is 0 Å². The van der Waals surface area contributed by atoms with E-state index in [1.165, 1.54) is 11.1 Å². The number of hydrogen-bond acceptors (Lipinski definition) is 2. The van der Waals surface area contributed by atoms with E-state index in [0.29, 0.717) is 0 Å². The van der Waals surface area contributed by atoms with E-state index in [-0.39, 0.29) is 0 Å². The topological polar surface area (TPSA) is 43.3 Å². The van der Waals surface area contributed by atoms with Crippen LogP contribution in [-0.4, -0.2) is 9.38 Å². The van der Waals surface area contributed by atoms with Gasteiger partial charge in [0.1, 0.15) is 0 Å². The number of benzene rings is 1. The summed E-state index contributed by atoms with van der Waals surface area (Å²) in [6.07, 6.45) is 6.03. The van der Waals surface area contributed by atoms with Crippen molar-refractivity contribution in [3.05, 3.63) is 65.1 Å². The van der Waals surface area contributed by atoms with E-state index in [4.69, 9.17) is 5.73 Å². The molecule has 102 valence electrons. The van der Waals surface area contributed by atoms with Gasteiger partial charge in [0, 0.05) is 18.8 Å². The molecule has 0 fully saturated rings. The molecule has 0 saturated carbocycles. The van der Waals surface area contributed by atoms with Crippen LogP contribution in [0.25, 0.3) is 5.65 Å². The van der Waals surface area contributed by atoms with Gasteiger partial charge in [0.05, 0.1) is 11.4 Å². The van der Waals surface area contributed by atoms with Crippen LogP contribution in [-0.2, 0) is 12.8 Å². The molecule has 3 rings (SSSR count). The Morgan fingerprint density at radius 1 is 1.10 bits per heavy atom. The average Bonchev–Trinajstić information content (AvgIpc) is 2.82. The fraction of sp³-hybridized carbons (Fsp3) is 0.235. The molecule has 20 heavy (non-hydrogen) atoms. The summed E-state index contributed by atoms with van der Waals surface area (Å²) in [7, 11) is 0. The number of rotatable bonds is 3. The number of pyridine rings is 1. The Kier molecular flexibility index (Phi) is 3.18. The molecule has 2 N–H and O–H groups in total. The molecule has 0 aliphatic carbocycles. The highest BCUT2D eigenvalue weighted by atomic mass is 15.0. The predicted molar refractivity (Wildman–Crippen MR) is 83.0 cm³/mol. The molecule has 0 spiro atoms. The fourth-order valence-electron chi connectivity index (χ4n) is 2.51. The first-order valence-corrected chi connectivity index (χ1v) is 6.97. The van der Waals surface area contributed by atoms with E-state index < -0.39 is 0 Å². The number of nitrogens with zero attached hydrogens (tertiary/aromatic N) is 2. The molecule has 2 aromatic heterocycles. The van der Waals surface area contributed by atoms with Crippen LogP contribution >= 0.6 is 0 Å². The summed E-state index contributed by atoms with van der Waals surface area (Å²) < 4.78 is 2.01. The molecule has 3 heteroatoms. The van der Waals surface area contributed by atoms with Gasteiger partial charge in [-0.25, -0.2) is 4.98 Å². The van der Waals surface area contributed by atoms with Crippen LogP contribution < -0.4 is 5.73 Å². The Balaban J connectivity index is 1.92. The molecule has 3 nitrogen and oxygen atoms in total. The smallest absolute Gasteiger partial charge is 0.160 e. The third kappa shape index (κ3) is 2.39. The van der Waals surface area contributed by atoms with Crippen LogP contribution in [0.4, 0.5) is 5.69 Å². The molecule has 0 radical (unpaired) electrons. The summed E-state index contributed by atoms with van der Waals surface area (Å²) in [6, 6.07) is 10.7. The van der Waals surface area contributed by atoms with Gasteiger partial charge in [-0.15, -0.1) is 0 Å². The van der Waals surface area contributed by atoms with E-state index >= 15 is 0 Å². The van der Waals surface area contributed by atoms with Crippen molar-refractivity contribution in [1.82, 2.24) is 9.38 Å². The van der Waals surface area contributed by atoms with Crippen molar-refractivity contribution in [3.8, 4) is 0 Å². The zero-order chi connectivity index (χ0) is 14.1. The molecule has 2 heterocycles. The summed E-state index contributed by atoms with van der Waals surface area (Å²) >= 11 is 0. The van der Waals surface area contributed by atoms with Gasteiger partial charge >= 0.3 is 0 Å². The standard InChI is InChI=1S/C17H19N3/c1-3-13-4-6-14(7-5-13)9-15-11-20-10-12(2)8-16(18)17(20)19-15/h4-8,10-11H,3,9,18H2,1-2H3. The first kappa shape index (κ1) is 12.7. The van der Waals surface area contributed by atoms with Crippen molar-refractivity contribution in [2.45, 2.75) is 26.7 Å². The number of anilines is 1. The minimum atomic E-state index is 0.734. The maximum absolute atomic E-state index is 6.02. The third-order valence-electron chi connectivity index (χ3n) is 3.58. The van der Waals surface area contributed by atoms with Gasteiger partial charge in [-0.05, 0) is 36.1 Å². The Labute approximate surface area is 119 Å². The maximum Gasteiger partial charge on any atom is 0.160 e. The third-order valence-corrected chi connectivity index (χ3v) is 3.58. The number of nitrogens with two attached hydrogens (primary N) is 1. The normalized spacial score (nSPS) is 11.1. The number of hydrogen-bond donors (Lipinski definition) is 1. The number of imidazole rings is 1. The molecular formula is C17H19N3. The molecule has 0 saturated heterocycles. The first-order chi connectivity index (χ1) is 9.65. The number of aryl methyl sites for hydroxylation is 2. The number of aromatic nitrogens is 2. The zero-order valence-corrected chi connectivity index (χ0v) is 11.9. The second-order valence-electron chi connectivity index (χ2n) is 5.28. The van der Waals surface area contributed by atoms with E-state index in [2.05, 4.69) is 48.6 Å². The van der Waals surface area contributed by atoms with Crippen LogP contribution in [0.1, 0.15) is 29.3 Å². The molecule has 0 aliphatic rings. The fourth-order valence-corrected chi connectivity index (χ4v) is 2.51. The first-order valence-electron chi connectivity index (χ1n) is 6.97. The van der Waals surface area contributed by atoms with Gasteiger partial charge in [0.15, 0.2) is 5.65 Å². The molecule has 0 unspecified atom stereocenters. The van der Waals surface area contributed by atoms with Crippen molar-refractivity contribution in [3.63, 3.8) is 0 Å². The molecular weight excluding hydrogens is 246 g/mol. The van der Waals surface area contributed by atoms with Crippen LogP contribution in [0, 0.1) is 6.92 Å². The summed E-state index contributed by atoms with van der Waals surface area (Å²) in [5.74, 6) is 0. The molecule has 3 aromatic rings. The Morgan fingerprint density at radius 3 is 2.50 bits per heavy atom. The molecule has 0 bridgehead atoms. The van der Waals surface area contributed by atoms with Crippen molar-refractivity contribution >= 4 is 11.3 Å². The summed E-state index contributed by atoms with van der Waals surface area (Å²) in [6.45, 7) is 4.21. The van der Waals surface area contributed by atoms with E-state index in [1.54, 1.807) is 0 Å². The van der Waals surface area contributed by atoms with Gasteiger partial charge in [-0.1, -0.05) is 31.2 Å². The molecule has 0 atom stereocenters. The van der Waals surface area contributed by atoms with Gasteiger partial charge in [-0.3, -0.25) is 0 Å². The van der Waals surface area contributed by atoms with Crippen molar-refractivity contribution < 1.29 is 0 Å². The van der Waals surface area contributed by atoms with Gasteiger partial charge in [0.2, 0.25) is 0 Å². The lowest BCUT2D eigenvalue weighted by Crippen LogP contribution is -1.93. The Hall–Kier alpha value is -2.29. The van der Waals surface area contributed by atoms with Gasteiger partial charge in [-0.2, -0.15) is 0 Å². The quantitative estimate of drug-likeness (QED) is 0.789. The lowest BCUT2D eigenvalue weighted by atomic mass is 10.1. The SMILES string of the molecule is CCc1ccc(Cc2cn3cc(C)cc(N)c3n2)cc1. The van der Waals surface area contributed by atoms with Crippen LogP contribution in [0.2, 0.25) is 0 Å².